The molecule has 118 valence electrons. The molecule has 0 aliphatic carbocycles. The van der Waals surface area contributed by atoms with Crippen LogP contribution in [0.2, 0.25) is 0 Å². The van der Waals surface area contributed by atoms with Crippen molar-refractivity contribution in [2.75, 3.05) is 18.6 Å². The van der Waals surface area contributed by atoms with Gasteiger partial charge >= 0.3 is 6.03 Å². The lowest BCUT2D eigenvalue weighted by Gasteiger charge is -2.26. The van der Waals surface area contributed by atoms with Crippen LogP contribution in [0.25, 0.3) is 0 Å². The van der Waals surface area contributed by atoms with E-state index >= 15 is 0 Å². The lowest BCUT2D eigenvalue weighted by atomic mass is 10.2. The van der Waals surface area contributed by atoms with E-state index in [-0.39, 0.29) is 12.3 Å². The molecule has 6 heteroatoms. The summed E-state index contributed by atoms with van der Waals surface area (Å²) in [6.45, 7) is 0.358. The smallest absolute Gasteiger partial charge is 0.328 e. The number of rotatable bonds is 4. The third-order valence-electron chi connectivity index (χ3n) is 3.48. The summed E-state index contributed by atoms with van der Waals surface area (Å²) in [4.78, 5) is 24.6. The first-order valence-corrected chi connectivity index (χ1v) is 7.19. The summed E-state index contributed by atoms with van der Waals surface area (Å²) >= 11 is 0. The van der Waals surface area contributed by atoms with Crippen LogP contribution in [-0.4, -0.2) is 25.6 Å². The number of nitrogens with one attached hydrogen (secondary N) is 1. The van der Waals surface area contributed by atoms with E-state index in [9.17, 15) is 9.59 Å². The molecule has 1 heterocycles. The van der Waals surface area contributed by atoms with Gasteiger partial charge in [0.2, 0.25) is 5.91 Å². The molecule has 0 bridgehead atoms. The van der Waals surface area contributed by atoms with E-state index in [1.54, 1.807) is 43.5 Å². The van der Waals surface area contributed by atoms with E-state index in [1.807, 2.05) is 12.1 Å². The lowest BCUT2D eigenvalue weighted by molar-refractivity contribution is -0.120. The first kappa shape index (κ1) is 14.9. The summed E-state index contributed by atoms with van der Waals surface area (Å²) in [6.07, 6.45) is 0.287. The fourth-order valence-corrected chi connectivity index (χ4v) is 2.31. The molecule has 1 aliphatic rings. The van der Waals surface area contributed by atoms with Gasteiger partial charge in [0.1, 0.15) is 17.2 Å². The summed E-state index contributed by atoms with van der Waals surface area (Å²) in [5.74, 6) is 1.77. The summed E-state index contributed by atoms with van der Waals surface area (Å²) in [5.41, 5.74) is 0.681. The number of methoxy groups -OCH3 is 1. The number of nitrogens with zero attached hydrogens (tertiary/aromatic N) is 1. The van der Waals surface area contributed by atoms with Crippen LogP contribution in [0.1, 0.15) is 6.42 Å². The zero-order valence-corrected chi connectivity index (χ0v) is 12.6. The van der Waals surface area contributed by atoms with Crippen molar-refractivity contribution in [3.63, 3.8) is 0 Å². The Morgan fingerprint density at radius 1 is 1.00 bits per heavy atom. The Bertz CT molecular complexity index is 728. The number of imide groups is 1. The first-order chi connectivity index (χ1) is 11.2. The Morgan fingerprint density at radius 3 is 2.43 bits per heavy atom. The van der Waals surface area contributed by atoms with Gasteiger partial charge in [-0.15, -0.1) is 0 Å². The largest absolute Gasteiger partial charge is 0.497 e. The average molecular weight is 312 g/mol. The fourth-order valence-electron chi connectivity index (χ4n) is 2.31. The average Bonchev–Trinajstić information content (AvgIpc) is 2.56. The maximum absolute atomic E-state index is 11.9. The maximum Gasteiger partial charge on any atom is 0.328 e. The molecule has 0 spiro atoms. The van der Waals surface area contributed by atoms with E-state index in [4.69, 9.17) is 9.47 Å². The molecule has 2 aromatic rings. The number of urea groups is 1. The standard InChI is InChI=1S/C17H16N2O4/c1-22-13-5-7-14(8-6-13)23-15-4-2-3-12(11-15)19-10-9-16(20)18-17(19)21/h2-8,11H,9-10H2,1H3,(H,18,20,21). The first-order valence-electron chi connectivity index (χ1n) is 7.19. The summed E-state index contributed by atoms with van der Waals surface area (Å²) < 4.78 is 10.9. The van der Waals surface area contributed by atoms with Crippen molar-refractivity contribution in [2.45, 2.75) is 6.42 Å². The highest BCUT2D eigenvalue weighted by atomic mass is 16.5. The van der Waals surface area contributed by atoms with Gasteiger partial charge in [0.15, 0.2) is 0 Å². The topological polar surface area (TPSA) is 67.9 Å². The van der Waals surface area contributed by atoms with Gasteiger partial charge in [-0.05, 0) is 36.4 Å². The molecule has 1 aliphatic heterocycles. The van der Waals surface area contributed by atoms with Gasteiger partial charge in [-0.2, -0.15) is 0 Å². The highest BCUT2D eigenvalue weighted by Gasteiger charge is 2.24. The Labute approximate surface area is 133 Å². The van der Waals surface area contributed by atoms with Crippen LogP contribution in [-0.2, 0) is 4.79 Å². The van der Waals surface area contributed by atoms with Crippen LogP contribution >= 0.6 is 0 Å². The van der Waals surface area contributed by atoms with Crippen molar-refractivity contribution in [1.82, 2.24) is 5.32 Å². The number of carbonyl (C=O) groups is 2. The monoisotopic (exact) mass is 312 g/mol. The lowest BCUT2D eigenvalue weighted by Crippen LogP contribution is -2.49. The zero-order valence-electron chi connectivity index (χ0n) is 12.6. The van der Waals surface area contributed by atoms with Crippen LogP contribution in [0, 0.1) is 0 Å². The number of benzene rings is 2. The van der Waals surface area contributed by atoms with Gasteiger partial charge in [0, 0.05) is 24.7 Å². The molecule has 0 saturated carbocycles. The van der Waals surface area contributed by atoms with Crippen LogP contribution in [0.4, 0.5) is 10.5 Å². The highest BCUT2D eigenvalue weighted by molar-refractivity contribution is 6.05. The summed E-state index contributed by atoms with van der Waals surface area (Å²) in [5, 5.41) is 2.30. The Kier molecular flexibility index (Phi) is 4.14. The normalized spacial score (nSPS) is 14.4. The van der Waals surface area contributed by atoms with Crippen molar-refractivity contribution < 1.29 is 19.1 Å². The molecule has 3 rings (SSSR count). The van der Waals surface area contributed by atoms with E-state index in [0.29, 0.717) is 23.7 Å². The Balaban J connectivity index is 1.76. The molecular weight excluding hydrogens is 296 g/mol. The number of anilines is 1. The van der Waals surface area contributed by atoms with E-state index in [2.05, 4.69) is 5.32 Å². The molecule has 23 heavy (non-hydrogen) atoms. The SMILES string of the molecule is COc1ccc(Oc2cccc(N3CCC(=O)NC3=O)c2)cc1. The van der Waals surface area contributed by atoms with Crippen molar-refractivity contribution >= 4 is 17.6 Å². The third-order valence-corrected chi connectivity index (χ3v) is 3.48. The van der Waals surface area contributed by atoms with Crippen LogP contribution in [0.15, 0.2) is 48.5 Å². The van der Waals surface area contributed by atoms with Gasteiger partial charge in [-0.1, -0.05) is 6.07 Å². The minimum atomic E-state index is -0.414. The van der Waals surface area contributed by atoms with Crippen molar-refractivity contribution in [1.29, 1.82) is 0 Å². The molecule has 1 N–H and O–H groups in total. The van der Waals surface area contributed by atoms with E-state index in [0.717, 1.165) is 5.75 Å². The minimum absolute atomic E-state index is 0.253. The van der Waals surface area contributed by atoms with E-state index in [1.165, 1.54) is 4.90 Å². The second-order valence-electron chi connectivity index (χ2n) is 5.03. The highest BCUT2D eigenvalue weighted by Crippen LogP contribution is 2.28. The predicted molar refractivity (Wildman–Crippen MR) is 85.0 cm³/mol. The quantitative estimate of drug-likeness (QED) is 0.942. The third kappa shape index (κ3) is 3.42. The van der Waals surface area contributed by atoms with Crippen LogP contribution in [0.3, 0.4) is 0 Å². The van der Waals surface area contributed by atoms with Gasteiger partial charge in [0.05, 0.1) is 7.11 Å². The number of ether oxygens (including phenoxy) is 2. The van der Waals surface area contributed by atoms with Crippen molar-refractivity contribution in [3.05, 3.63) is 48.5 Å². The Hall–Kier alpha value is -3.02. The minimum Gasteiger partial charge on any atom is -0.497 e. The number of amides is 3. The molecule has 3 amide bonds. The van der Waals surface area contributed by atoms with Gasteiger partial charge in [-0.25, -0.2) is 4.79 Å². The van der Waals surface area contributed by atoms with Gasteiger partial charge in [-0.3, -0.25) is 15.0 Å². The summed E-state index contributed by atoms with van der Waals surface area (Å²) in [7, 11) is 1.60. The predicted octanol–water partition coefficient (Wildman–Crippen LogP) is 2.93. The van der Waals surface area contributed by atoms with Crippen LogP contribution in [0.5, 0.6) is 17.2 Å². The van der Waals surface area contributed by atoms with Gasteiger partial charge in [0.25, 0.3) is 0 Å². The zero-order chi connectivity index (χ0) is 16.2. The Morgan fingerprint density at radius 2 is 1.74 bits per heavy atom. The molecule has 0 unspecified atom stereocenters. The molecule has 0 radical (unpaired) electrons. The summed E-state index contributed by atoms with van der Waals surface area (Å²) in [6, 6.07) is 14.0. The molecule has 1 fully saturated rings. The maximum atomic E-state index is 11.9. The number of carbonyl (C=O) groups excluding carboxylic acids is 2. The molecule has 0 aromatic heterocycles. The number of hydrogen-bond acceptors (Lipinski definition) is 4. The van der Waals surface area contributed by atoms with Crippen molar-refractivity contribution in [3.8, 4) is 17.2 Å². The van der Waals surface area contributed by atoms with E-state index < -0.39 is 6.03 Å². The molecule has 0 atom stereocenters. The molecule has 2 aromatic carbocycles. The van der Waals surface area contributed by atoms with Crippen LogP contribution < -0.4 is 19.7 Å². The van der Waals surface area contributed by atoms with Gasteiger partial charge < -0.3 is 9.47 Å². The molecule has 1 saturated heterocycles. The van der Waals surface area contributed by atoms with Crippen molar-refractivity contribution in [2.24, 2.45) is 0 Å². The second-order valence-corrected chi connectivity index (χ2v) is 5.03. The second kappa shape index (κ2) is 6.39. The molecular formula is C17H16N2O4. The molecule has 6 nitrogen and oxygen atoms in total. The fraction of sp³-hybridized carbons (Fsp3) is 0.176. The number of hydrogen-bond donors (Lipinski definition) is 1.